The number of rotatable bonds is 3. The van der Waals surface area contributed by atoms with Gasteiger partial charge < -0.3 is 9.30 Å². The van der Waals surface area contributed by atoms with Gasteiger partial charge in [0.25, 0.3) is 0 Å². The maximum Gasteiger partial charge on any atom is 0.127 e. The highest BCUT2D eigenvalue weighted by molar-refractivity contribution is 14.1. The number of hydrogen-bond acceptors (Lipinski definition) is 2. The van der Waals surface area contributed by atoms with Gasteiger partial charge in [-0.3, -0.25) is 0 Å². The van der Waals surface area contributed by atoms with E-state index in [0.29, 0.717) is 12.1 Å². The smallest absolute Gasteiger partial charge is 0.127 e. The van der Waals surface area contributed by atoms with Crippen LogP contribution in [0.25, 0.3) is 11.0 Å². The average molecular weight is 419 g/mol. The van der Waals surface area contributed by atoms with Crippen molar-refractivity contribution in [2.75, 3.05) is 7.11 Å². The molecule has 0 saturated heterocycles. The van der Waals surface area contributed by atoms with Gasteiger partial charge >= 0.3 is 0 Å². The Bertz CT molecular complexity index is 680. The highest BCUT2D eigenvalue weighted by Gasteiger charge is 2.50. The fourth-order valence-corrected chi connectivity index (χ4v) is 4.03. The molecular weight excluding hydrogens is 399 g/mol. The lowest BCUT2D eigenvalue weighted by Crippen LogP contribution is -2.51. The van der Waals surface area contributed by atoms with Gasteiger partial charge in [-0.2, -0.15) is 0 Å². The fraction of sp³-hybridized carbons (Fsp3) is 0.562. The monoisotopic (exact) mass is 418 g/mol. The molecule has 21 heavy (non-hydrogen) atoms. The van der Waals surface area contributed by atoms with Crippen LogP contribution in [0.1, 0.15) is 44.4 Å². The molecule has 1 aromatic carbocycles. The maximum absolute atomic E-state index is 6.39. The van der Waals surface area contributed by atoms with E-state index in [2.05, 4.69) is 59.2 Å². The summed E-state index contributed by atoms with van der Waals surface area (Å²) in [5.41, 5.74) is 2.29. The van der Waals surface area contributed by atoms with Gasteiger partial charge in [0.05, 0.1) is 22.5 Å². The molecule has 3 rings (SSSR count). The van der Waals surface area contributed by atoms with E-state index < -0.39 is 0 Å². The van der Waals surface area contributed by atoms with Crippen molar-refractivity contribution in [3.63, 3.8) is 0 Å². The first-order chi connectivity index (χ1) is 9.86. The van der Waals surface area contributed by atoms with Crippen LogP contribution in [-0.4, -0.2) is 22.8 Å². The summed E-state index contributed by atoms with van der Waals surface area (Å²) in [6, 6.07) is 6.78. The van der Waals surface area contributed by atoms with Gasteiger partial charge in [0.15, 0.2) is 0 Å². The number of ether oxygens (including phenoxy) is 1. The third kappa shape index (κ3) is 2.39. The number of benzene rings is 1. The van der Waals surface area contributed by atoms with E-state index in [1.807, 2.05) is 6.92 Å². The largest absolute Gasteiger partial charge is 0.381 e. The lowest BCUT2D eigenvalue weighted by Gasteiger charge is -2.52. The molecule has 0 aliphatic heterocycles. The van der Waals surface area contributed by atoms with Crippen molar-refractivity contribution in [2.45, 2.75) is 44.7 Å². The summed E-state index contributed by atoms with van der Waals surface area (Å²) in [7, 11) is 1.79. The predicted molar refractivity (Wildman–Crippen MR) is 95.0 cm³/mol. The first kappa shape index (κ1) is 15.6. The maximum atomic E-state index is 6.39. The van der Waals surface area contributed by atoms with Crippen LogP contribution in [0, 0.1) is 8.99 Å². The molecule has 1 heterocycles. The Kier molecular flexibility index (Phi) is 3.99. The van der Waals surface area contributed by atoms with Crippen LogP contribution >= 0.6 is 34.2 Å². The topological polar surface area (TPSA) is 27.1 Å². The van der Waals surface area contributed by atoms with Crippen LogP contribution in [0.2, 0.25) is 0 Å². The van der Waals surface area contributed by atoms with Crippen LogP contribution in [-0.2, 0) is 4.74 Å². The minimum atomic E-state index is -0.104. The molecule has 0 N–H and O–H groups in total. The van der Waals surface area contributed by atoms with Crippen molar-refractivity contribution < 1.29 is 4.74 Å². The number of alkyl halides is 1. The molecule has 1 aliphatic carbocycles. The molecule has 3 nitrogen and oxygen atoms in total. The number of fused-ring (bicyclic) bond motifs is 1. The first-order valence-corrected chi connectivity index (χ1v) is 8.72. The summed E-state index contributed by atoms with van der Waals surface area (Å²) >= 11 is 8.71. The van der Waals surface area contributed by atoms with Crippen LogP contribution in [0.3, 0.4) is 0 Å². The number of hydrogen-bond donors (Lipinski definition) is 0. The first-order valence-electron chi connectivity index (χ1n) is 7.20. The number of imidazole rings is 1. The molecule has 0 amide bonds. The van der Waals surface area contributed by atoms with E-state index in [9.17, 15) is 0 Å². The van der Waals surface area contributed by atoms with E-state index in [1.165, 1.54) is 9.09 Å². The summed E-state index contributed by atoms with van der Waals surface area (Å²) in [5.74, 6) is 0.960. The Morgan fingerprint density at radius 3 is 2.76 bits per heavy atom. The van der Waals surface area contributed by atoms with Gasteiger partial charge in [0.1, 0.15) is 5.82 Å². The highest BCUT2D eigenvalue weighted by Crippen LogP contribution is 2.53. The normalized spacial score (nSPS) is 25.8. The van der Waals surface area contributed by atoms with Crippen LogP contribution in [0.15, 0.2) is 18.2 Å². The second kappa shape index (κ2) is 5.39. The van der Waals surface area contributed by atoms with Gasteiger partial charge in [-0.15, -0.1) is 11.6 Å². The third-order valence-corrected chi connectivity index (χ3v) is 5.62. The standard InChI is InChI=1S/C16H20ClIN2O/c1-9(17)15-19-11-7-10(18)5-6-12(11)20(15)13-8-14(21-4)16(13,2)3/h5-7,9,13-14H,8H2,1-4H3. The summed E-state index contributed by atoms with van der Waals surface area (Å²) in [4.78, 5) is 4.78. The molecule has 3 unspecified atom stereocenters. The van der Waals surface area contributed by atoms with Crippen molar-refractivity contribution in [3.8, 4) is 0 Å². The second-order valence-electron chi connectivity index (χ2n) is 6.39. The van der Waals surface area contributed by atoms with Crippen LogP contribution in [0.4, 0.5) is 0 Å². The highest BCUT2D eigenvalue weighted by atomic mass is 127. The van der Waals surface area contributed by atoms with Gasteiger partial charge in [-0.05, 0) is 54.1 Å². The Balaban J connectivity index is 2.15. The third-order valence-electron chi connectivity index (χ3n) is 4.76. The zero-order valence-corrected chi connectivity index (χ0v) is 15.6. The Labute approximate surface area is 144 Å². The SMILES string of the molecule is COC1CC(n2c(C(C)Cl)nc3cc(I)ccc32)C1(C)C. The Morgan fingerprint density at radius 2 is 2.19 bits per heavy atom. The van der Waals surface area contributed by atoms with Gasteiger partial charge in [-0.25, -0.2) is 4.98 Å². The van der Waals surface area contributed by atoms with Crippen molar-refractivity contribution in [1.29, 1.82) is 0 Å². The lowest BCUT2D eigenvalue weighted by molar-refractivity contribution is -0.112. The molecule has 5 heteroatoms. The van der Waals surface area contributed by atoms with E-state index in [0.717, 1.165) is 17.8 Å². The average Bonchev–Trinajstić information content (AvgIpc) is 2.76. The summed E-state index contributed by atoms with van der Waals surface area (Å²) in [6.45, 7) is 6.51. The molecule has 3 atom stereocenters. The molecule has 114 valence electrons. The van der Waals surface area contributed by atoms with Crippen molar-refractivity contribution in [1.82, 2.24) is 9.55 Å². The zero-order chi connectivity index (χ0) is 15.4. The molecule has 0 spiro atoms. The fourth-order valence-electron chi connectivity index (χ4n) is 3.40. The van der Waals surface area contributed by atoms with E-state index >= 15 is 0 Å². The lowest BCUT2D eigenvalue weighted by atomic mass is 9.64. The Morgan fingerprint density at radius 1 is 1.48 bits per heavy atom. The molecule has 1 aromatic heterocycles. The number of aromatic nitrogens is 2. The molecule has 0 bridgehead atoms. The van der Waals surface area contributed by atoms with Gasteiger partial charge in [0, 0.05) is 22.1 Å². The van der Waals surface area contributed by atoms with Crippen molar-refractivity contribution in [2.24, 2.45) is 5.41 Å². The second-order valence-corrected chi connectivity index (χ2v) is 8.29. The van der Waals surface area contributed by atoms with Crippen LogP contribution < -0.4 is 0 Å². The summed E-state index contributed by atoms with van der Waals surface area (Å²) in [5, 5.41) is -0.104. The van der Waals surface area contributed by atoms with E-state index in [-0.39, 0.29) is 10.8 Å². The molecular formula is C16H20ClIN2O. The van der Waals surface area contributed by atoms with Gasteiger partial charge in [0.2, 0.25) is 0 Å². The minimum absolute atomic E-state index is 0.0892. The molecule has 1 aliphatic rings. The number of methoxy groups -OCH3 is 1. The number of halogens is 2. The van der Waals surface area contributed by atoms with E-state index in [4.69, 9.17) is 21.3 Å². The number of nitrogens with zero attached hydrogens (tertiary/aromatic N) is 2. The van der Waals surface area contributed by atoms with E-state index in [1.54, 1.807) is 7.11 Å². The minimum Gasteiger partial charge on any atom is -0.381 e. The Hall–Kier alpha value is -0.330. The summed E-state index contributed by atoms with van der Waals surface area (Å²) < 4.78 is 9.12. The molecule has 1 saturated carbocycles. The summed E-state index contributed by atoms with van der Waals surface area (Å²) in [6.07, 6.45) is 1.31. The van der Waals surface area contributed by atoms with Crippen LogP contribution in [0.5, 0.6) is 0 Å². The van der Waals surface area contributed by atoms with Gasteiger partial charge in [-0.1, -0.05) is 13.8 Å². The molecule has 1 fully saturated rings. The van der Waals surface area contributed by atoms with Crippen molar-refractivity contribution >= 4 is 45.2 Å². The zero-order valence-electron chi connectivity index (χ0n) is 12.7. The predicted octanol–water partition coefficient (Wildman–Crippen LogP) is 4.93. The van der Waals surface area contributed by atoms with Crippen molar-refractivity contribution in [3.05, 3.63) is 27.6 Å². The molecule has 2 aromatic rings. The quantitative estimate of drug-likeness (QED) is 0.522. The molecule has 0 radical (unpaired) electrons.